The zero-order chi connectivity index (χ0) is 20.5. The highest BCUT2D eigenvalue weighted by Crippen LogP contribution is 2.38. The van der Waals surface area contributed by atoms with Crippen molar-refractivity contribution in [1.29, 1.82) is 0 Å². The average Bonchev–Trinajstić information content (AvgIpc) is 3.04. The molecule has 7 nitrogen and oxygen atoms in total. The number of hydrogen-bond acceptors (Lipinski definition) is 5. The molecule has 2 amide bonds. The van der Waals surface area contributed by atoms with Gasteiger partial charge in [-0.05, 0) is 50.7 Å². The topological polar surface area (TPSA) is 84.0 Å². The first-order valence-corrected chi connectivity index (χ1v) is 12.1. The van der Waals surface area contributed by atoms with E-state index in [2.05, 4.69) is 0 Å². The van der Waals surface area contributed by atoms with Gasteiger partial charge in [0.2, 0.25) is 5.91 Å². The van der Waals surface area contributed by atoms with Gasteiger partial charge >= 0.3 is 6.09 Å². The van der Waals surface area contributed by atoms with Crippen LogP contribution in [0.25, 0.3) is 0 Å². The number of piperidine rings is 1. The van der Waals surface area contributed by atoms with Crippen LogP contribution in [0.4, 0.5) is 4.79 Å². The largest absolute Gasteiger partial charge is 0.441 e. The van der Waals surface area contributed by atoms with Gasteiger partial charge in [0.1, 0.15) is 11.4 Å². The highest BCUT2D eigenvalue weighted by molar-refractivity contribution is 7.92. The third kappa shape index (κ3) is 4.27. The first kappa shape index (κ1) is 20.2. The van der Waals surface area contributed by atoms with Gasteiger partial charge < -0.3 is 14.5 Å². The van der Waals surface area contributed by atoms with Crippen LogP contribution in [0.3, 0.4) is 0 Å². The Morgan fingerprint density at radius 3 is 2.38 bits per heavy atom. The SMILES string of the molecule is O=C(CS(=O)(=O)c1ccccc1)N1CCC(N2CC3(CCCCC3)OC2=O)CC1. The Morgan fingerprint density at radius 2 is 1.72 bits per heavy atom. The van der Waals surface area contributed by atoms with Gasteiger partial charge in [0.15, 0.2) is 9.84 Å². The van der Waals surface area contributed by atoms with Crippen LogP contribution in [0.5, 0.6) is 0 Å². The molecule has 1 saturated carbocycles. The minimum atomic E-state index is -3.64. The first-order valence-electron chi connectivity index (χ1n) is 10.4. The summed E-state index contributed by atoms with van der Waals surface area (Å²) < 4.78 is 30.7. The summed E-state index contributed by atoms with van der Waals surface area (Å²) in [6.07, 6.45) is 6.35. The van der Waals surface area contributed by atoms with Crippen molar-refractivity contribution in [2.75, 3.05) is 25.4 Å². The van der Waals surface area contributed by atoms with E-state index >= 15 is 0 Å². The van der Waals surface area contributed by atoms with Gasteiger partial charge in [-0.25, -0.2) is 13.2 Å². The van der Waals surface area contributed by atoms with Crippen LogP contribution < -0.4 is 0 Å². The summed E-state index contributed by atoms with van der Waals surface area (Å²) in [4.78, 5) is 28.6. The summed E-state index contributed by atoms with van der Waals surface area (Å²) in [5.74, 6) is -0.892. The van der Waals surface area contributed by atoms with Crippen LogP contribution in [0, 0.1) is 0 Å². The molecule has 29 heavy (non-hydrogen) atoms. The fourth-order valence-corrected chi connectivity index (χ4v) is 6.02. The molecule has 2 aliphatic heterocycles. The molecule has 0 N–H and O–H groups in total. The van der Waals surface area contributed by atoms with E-state index in [1.165, 1.54) is 18.6 Å². The molecule has 0 bridgehead atoms. The molecule has 1 aliphatic carbocycles. The molecule has 0 atom stereocenters. The number of carbonyl (C=O) groups is 2. The lowest BCUT2D eigenvalue weighted by Gasteiger charge is -2.36. The van der Waals surface area contributed by atoms with Crippen LogP contribution >= 0.6 is 0 Å². The van der Waals surface area contributed by atoms with Gasteiger partial charge in [0.05, 0.1) is 11.4 Å². The molecule has 1 aromatic carbocycles. The molecule has 158 valence electrons. The summed E-state index contributed by atoms with van der Waals surface area (Å²) in [7, 11) is -3.64. The zero-order valence-corrected chi connectivity index (χ0v) is 17.4. The number of ether oxygens (including phenoxy) is 1. The number of carbonyl (C=O) groups excluding carboxylic acids is 2. The lowest BCUT2D eigenvalue weighted by molar-refractivity contribution is -0.129. The molecule has 4 rings (SSSR count). The second-order valence-electron chi connectivity index (χ2n) is 8.42. The predicted octanol–water partition coefficient (Wildman–Crippen LogP) is 2.61. The van der Waals surface area contributed by atoms with Crippen molar-refractivity contribution in [2.24, 2.45) is 0 Å². The Morgan fingerprint density at radius 1 is 1.07 bits per heavy atom. The Kier molecular flexibility index (Phi) is 5.55. The Balaban J connectivity index is 1.32. The van der Waals surface area contributed by atoms with Crippen LogP contribution in [0.15, 0.2) is 35.2 Å². The van der Waals surface area contributed by atoms with Crippen molar-refractivity contribution in [1.82, 2.24) is 9.80 Å². The smallest absolute Gasteiger partial charge is 0.410 e. The van der Waals surface area contributed by atoms with Crippen molar-refractivity contribution < 1.29 is 22.7 Å². The van der Waals surface area contributed by atoms with E-state index in [9.17, 15) is 18.0 Å². The van der Waals surface area contributed by atoms with E-state index in [0.717, 1.165) is 25.7 Å². The van der Waals surface area contributed by atoms with Gasteiger partial charge in [0.25, 0.3) is 0 Å². The molecular formula is C21H28N2O5S. The number of likely N-dealkylation sites (tertiary alicyclic amines) is 1. The van der Waals surface area contributed by atoms with E-state index in [1.54, 1.807) is 23.1 Å². The highest BCUT2D eigenvalue weighted by Gasteiger charge is 2.48. The molecule has 0 radical (unpaired) electrons. The number of hydrogen-bond donors (Lipinski definition) is 0. The predicted molar refractivity (Wildman–Crippen MR) is 107 cm³/mol. The summed E-state index contributed by atoms with van der Waals surface area (Å²) >= 11 is 0. The van der Waals surface area contributed by atoms with Crippen LogP contribution in [-0.2, 0) is 19.4 Å². The monoisotopic (exact) mass is 420 g/mol. The lowest BCUT2D eigenvalue weighted by atomic mass is 9.84. The summed E-state index contributed by atoms with van der Waals surface area (Å²) in [6, 6.07) is 8.11. The molecule has 3 aliphatic rings. The summed E-state index contributed by atoms with van der Waals surface area (Å²) in [6.45, 7) is 1.57. The van der Waals surface area contributed by atoms with E-state index in [4.69, 9.17) is 4.74 Å². The van der Waals surface area contributed by atoms with Gasteiger partial charge in [-0.3, -0.25) is 4.79 Å². The third-order valence-corrected chi connectivity index (χ3v) is 8.05. The average molecular weight is 421 g/mol. The maximum atomic E-state index is 12.6. The molecular weight excluding hydrogens is 392 g/mol. The standard InChI is InChI=1S/C21H28N2O5S/c24-19(15-29(26,27)18-7-3-1-4-8-18)22-13-9-17(10-14-22)23-16-21(28-20(23)25)11-5-2-6-12-21/h1,3-4,7-8,17H,2,5-6,9-16H2. The summed E-state index contributed by atoms with van der Waals surface area (Å²) in [5.41, 5.74) is -0.313. The fraction of sp³-hybridized carbons (Fsp3) is 0.619. The molecule has 2 saturated heterocycles. The highest BCUT2D eigenvalue weighted by atomic mass is 32.2. The fourth-order valence-electron chi connectivity index (χ4n) is 4.78. The molecule has 1 aromatic rings. The van der Waals surface area contributed by atoms with Gasteiger partial charge in [-0.2, -0.15) is 0 Å². The van der Waals surface area contributed by atoms with Crippen LogP contribution in [0.2, 0.25) is 0 Å². The Bertz CT molecular complexity index is 856. The van der Waals surface area contributed by atoms with E-state index in [1.807, 2.05) is 4.90 Å². The molecule has 0 aromatic heterocycles. The zero-order valence-electron chi connectivity index (χ0n) is 16.6. The van der Waals surface area contributed by atoms with Crippen molar-refractivity contribution >= 4 is 21.8 Å². The van der Waals surface area contributed by atoms with Crippen molar-refractivity contribution in [3.63, 3.8) is 0 Å². The second kappa shape index (κ2) is 7.97. The number of nitrogens with zero attached hydrogens (tertiary/aromatic N) is 2. The van der Waals surface area contributed by atoms with Crippen molar-refractivity contribution in [3.8, 4) is 0 Å². The van der Waals surface area contributed by atoms with Crippen LogP contribution in [0.1, 0.15) is 44.9 Å². The second-order valence-corrected chi connectivity index (χ2v) is 10.4. The first-order chi connectivity index (χ1) is 13.9. The van der Waals surface area contributed by atoms with Gasteiger partial charge in [0, 0.05) is 19.1 Å². The molecule has 1 spiro atoms. The number of amides is 2. The van der Waals surface area contributed by atoms with Gasteiger partial charge in [-0.1, -0.05) is 24.6 Å². The van der Waals surface area contributed by atoms with Gasteiger partial charge in [-0.15, -0.1) is 0 Å². The van der Waals surface area contributed by atoms with Crippen LogP contribution in [-0.4, -0.2) is 67.2 Å². The summed E-state index contributed by atoms with van der Waals surface area (Å²) in [5, 5.41) is 0. The molecule has 2 heterocycles. The molecule has 8 heteroatoms. The number of sulfone groups is 1. The van der Waals surface area contributed by atoms with Crippen molar-refractivity contribution in [2.45, 2.75) is 61.5 Å². The van der Waals surface area contributed by atoms with Crippen molar-refractivity contribution in [3.05, 3.63) is 30.3 Å². The lowest BCUT2D eigenvalue weighted by Crippen LogP contribution is -2.49. The van der Waals surface area contributed by atoms with E-state index < -0.39 is 15.6 Å². The minimum absolute atomic E-state index is 0.0542. The normalized spacial score (nSPS) is 22.7. The Labute approximate surface area is 171 Å². The third-order valence-electron chi connectivity index (χ3n) is 6.44. The maximum Gasteiger partial charge on any atom is 0.410 e. The number of rotatable bonds is 4. The van der Waals surface area contributed by atoms with E-state index in [-0.39, 0.29) is 28.5 Å². The molecule has 3 fully saturated rings. The maximum absolute atomic E-state index is 12.6. The quantitative estimate of drug-likeness (QED) is 0.748. The Hall–Kier alpha value is -2.09. The minimum Gasteiger partial charge on any atom is -0.441 e. The number of benzene rings is 1. The van der Waals surface area contributed by atoms with E-state index in [0.29, 0.717) is 32.5 Å². The molecule has 0 unspecified atom stereocenters.